The molecule has 2 aromatic rings. The van der Waals surface area contributed by atoms with E-state index in [2.05, 4.69) is 6.92 Å². The molecule has 1 saturated heterocycles. The number of hydrogen-bond donors (Lipinski definition) is 0. The molecule has 7 heteroatoms. The van der Waals surface area contributed by atoms with Crippen molar-refractivity contribution in [3.8, 4) is 0 Å². The first-order chi connectivity index (χ1) is 12.7. The summed E-state index contributed by atoms with van der Waals surface area (Å²) in [6.45, 7) is 2.57. The first-order valence-corrected chi connectivity index (χ1v) is 11.0. The van der Waals surface area contributed by atoms with Crippen molar-refractivity contribution >= 4 is 22.6 Å². The van der Waals surface area contributed by atoms with Crippen LogP contribution in [-0.4, -0.2) is 21.8 Å². The molecule has 0 amide bonds. The van der Waals surface area contributed by atoms with E-state index in [9.17, 15) is 17.4 Å². The molecule has 3 atom stereocenters. The summed E-state index contributed by atoms with van der Waals surface area (Å²) in [4.78, 5) is 1.34. The summed E-state index contributed by atoms with van der Waals surface area (Å²) in [6.07, 6.45) is -1.55. The Labute approximate surface area is 164 Å². The minimum absolute atomic E-state index is 0.220. The largest absolute Gasteiger partial charge is 0.416 e. The van der Waals surface area contributed by atoms with E-state index in [1.54, 1.807) is 12.3 Å². The van der Waals surface area contributed by atoms with E-state index in [0.717, 1.165) is 22.9 Å². The van der Waals surface area contributed by atoms with Gasteiger partial charge in [-0.25, -0.2) is 0 Å². The van der Waals surface area contributed by atoms with Gasteiger partial charge in [-0.2, -0.15) is 13.2 Å². The molecule has 1 heterocycles. The van der Waals surface area contributed by atoms with Crippen LogP contribution in [0.1, 0.15) is 37.0 Å². The number of thioether (sulfide) groups is 1. The average Bonchev–Trinajstić information content (AvgIpc) is 2.61. The molecular formula is C20H21F3O2S2. The number of rotatable bonds is 4. The summed E-state index contributed by atoms with van der Waals surface area (Å²) in [5, 5.41) is 0. The van der Waals surface area contributed by atoms with Gasteiger partial charge in [0.15, 0.2) is 0 Å². The van der Waals surface area contributed by atoms with Crippen LogP contribution < -0.4 is 0 Å². The van der Waals surface area contributed by atoms with E-state index in [0.29, 0.717) is 17.9 Å². The van der Waals surface area contributed by atoms with Crippen molar-refractivity contribution in [3.63, 3.8) is 0 Å². The zero-order valence-corrected chi connectivity index (χ0v) is 16.7. The summed E-state index contributed by atoms with van der Waals surface area (Å²) in [7, 11) is -1.13. The predicted octanol–water partition coefficient (Wildman–Crippen LogP) is 5.85. The maximum absolute atomic E-state index is 13.0. The molecule has 0 aromatic heterocycles. The molecular weight excluding hydrogens is 393 g/mol. The normalized spacial score (nSPS) is 24.6. The van der Waals surface area contributed by atoms with Crippen LogP contribution in [0.25, 0.3) is 0 Å². The average molecular weight is 415 g/mol. The van der Waals surface area contributed by atoms with Crippen LogP contribution in [0.3, 0.4) is 0 Å². The van der Waals surface area contributed by atoms with E-state index in [1.165, 1.54) is 23.9 Å². The SMILES string of the molecule is CS(=O)c1ccccc1C1CC(C)(Sc2cccc(C(F)(F)F)c2)CCO1. The van der Waals surface area contributed by atoms with Gasteiger partial charge in [0.1, 0.15) is 0 Å². The van der Waals surface area contributed by atoms with Gasteiger partial charge in [-0.15, -0.1) is 11.8 Å². The smallest absolute Gasteiger partial charge is 0.373 e. The zero-order chi connectivity index (χ0) is 19.7. The topological polar surface area (TPSA) is 26.3 Å². The van der Waals surface area contributed by atoms with E-state index in [-0.39, 0.29) is 10.9 Å². The minimum Gasteiger partial charge on any atom is -0.373 e. The quantitative estimate of drug-likeness (QED) is 0.628. The van der Waals surface area contributed by atoms with Crippen molar-refractivity contribution in [3.05, 3.63) is 59.7 Å². The van der Waals surface area contributed by atoms with Crippen molar-refractivity contribution in [2.45, 2.75) is 46.6 Å². The molecule has 146 valence electrons. The van der Waals surface area contributed by atoms with E-state index < -0.39 is 22.5 Å². The second-order valence-corrected chi connectivity index (χ2v) is 9.89. The Hall–Kier alpha value is -1.31. The molecule has 0 N–H and O–H groups in total. The van der Waals surface area contributed by atoms with Crippen LogP contribution in [0, 0.1) is 0 Å². The molecule has 27 heavy (non-hydrogen) atoms. The van der Waals surface area contributed by atoms with Gasteiger partial charge in [0.2, 0.25) is 0 Å². The lowest BCUT2D eigenvalue weighted by atomic mass is 9.92. The number of ether oxygens (including phenoxy) is 1. The third kappa shape index (κ3) is 4.95. The fraction of sp³-hybridized carbons (Fsp3) is 0.400. The van der Waals surface area contributed by atoms with Gasteiger partial charge in [0.25, 0.3) is 0 Å². The van der Waals surface area contributed by atoms with Crippen molar-refractivity contribution in [1.29, 1.82) is 0 Å². The fourth-order valence-corrected chi connectivity index (χ4v) is 5.41. The highest BCUT2D eigenvalue weighted by Crippen LogP contribution is 2.47. The Morgan fingerprint density at radius 3 is 2.63 bits per heavy atom. The van der Waals surface area contributed by atoms with Gasteiger partial charge in [-0.1, -0.05) is 24.3 Å². The van der Waals surface area contributed by atoms with Crippen molar-refractivity contribution in [2.75, 3.05) is 12.9 Å². The zero-order valence-electron chi connectivity index (χ0n) is 15.1. The molecule has 1 fully saturated rings. The van der Waals surface area contributed by atoms with Crippen molar-refractivity contribution in [1.82, 2.24) is 0 Å². The summed E-state index contributed by atoms with van der Waals surface area (Å²) < 4.78 is 56.7. The second-order valence-electron chi connectivity index (χ2n) is 6.88. The summed E-state index contributed by atoms with van der Waals surface area (Å²) >= 11 is 1.45. The Bertz CT molecular complexity index is 838. The maximum Gasteiger partial charge on any atom is 0.416 e. The van der Waals surface area contributed by atoms with Crippen LogP contribution in [0.5, 0.6) is 0 Å². The standard InChI is InChI=1S/C20H21F3O2S2/c1-19(26-15-7-5-6-14(12-15)20(21,22)23)10-11-25-17(13-19)16-8-3-4-9-18(16)27(2)24/h3-9,12,17H,10-11,13H2,1-2H3. The highest BCUT2D eigenvalue weighted by atomic mass is 32.2. The highest BCUT2D eigenvalue weighted by Gasteiger charge is 2.36. The fourth-order valence-electron chi connectivity index (χ4n) is 3.29. The lowest BCUT2D eigenvalue weighted by Crippen LogP contribution is -2.32. The number of halogens is 3. The van der Waals surface area contributed by atoms with Gasteiger partial charge in [0.05, 0.1) is 22.5 Å². The Morgan fingerprint density at radius 1 is 1.19 bits per heavy atom. The Morgan fingerprint density at radius 2 is 1.93 bits per heavy atom. The van der Waals surface area contributed by atoms with E-state index >= 15 is 0 Å². The highest BCUT2D eigenvalue weighted by molar-refractivity contribution is 8.00. The molecule has 0 saturated carbocycles. The molecule has 0 spiro atoms. The van der Waals surface area contributed by atoms with Crippen molar-refractivity contribution in [2.24, 2.45) is 0 Å². The summed E-state index contributed by atoms with van der Waals surface area (Å²) in [5.74, 6) is 0. The molecule has 3 unspecified atom stereocenters. The molecule has 0 radical (unpaired) electrons. The third-order valence-electron chi connectivity index (χ3n) is 4.67. The van der Waals surface area contributed by atoms with Gasteiger partial charge >= 0.3 is 6.18 Å². The first kappa shape index (κ1) is 20.4. The third-order valence-corrected chi connectivity index (χ3v) is 7.01. The van der Waals surface area contributed by atoms with Crippen molar-refractivity contribution < 1.29 is 22.1 Å². The Kier molecular flexibility index (Phi) is 6.03. The predicted molar refractivity (Wildman–Crippen MR) is 102 cm³/mol. The number of hydrogen-bond acceptors (Lipinski definition) is 3. The summed E-state index contributed by atoms with van der Waals surface area (Å²) in [5.41, 5.74) is 0.264. The van der Waals surface area contributed by atoms with Gasteiger partial charge in [-0.05, 0) is 49.6 Å². The molecule has 1 aliphatic rings. The van der Waals surface area contributed by atoms with Gasteiger partial charge in [-0.3, -0.25) is 4.21 Å². The molecule has 1 aliphatic heterocycles. The number of benzene rings is 2. The van der Waals surface area contributed by atoms with Crippen LogP contribution in [-0.2, 0) is 21.7 Å². The minimum atomic E-state index is -4.35. The van der Waals surface area contributed by atoms with Crippen LogP contribution in [0.2, 0.25) is 0 Å². The van der Waals surface area contributed by atoms with E-state index in [4.69, 9.17) is 4.74 Å². The second kappa shape index (κ2) is 7.97. The molecule has 2 aromatic carbocycles. The van der Waals surface area contributed by atoms with E-state index in [1.807, 2.05) is 24.3 Å². The lowest BCUT2D eigenvalue weighted by Gasteiger charge is -2.38. The molecule has 0 aliphatic carbocycles. The van der Waals surface area contributed by atoms with Crippen LogP contribution in [0.15, 0.2) is 58.3 Å². The monoisotopic (exact) mass is 414 g/mol. The van der Waals surface area contributed by atoms with Crippen LogP contribution in [0.4, 0.5) is 13.2 Å². The Balaban J connectivity index is 1.82. The van der Waals surface area contributed by atoms with Gasteiger partial charge < -0.3 is 4.74 Å². The van der Waals surface area contributed by atoms with Gasteiger partial charge in [0, 0.05) is 27.4 Å². The maximum atomic E-state index is 13.0. The lowest BCUT2D eigenvalue weighted by molar-refractivity contribution is -0.137. The molecule has 3 rings (SSSR count). The summed E-state index contributed by atoms with van der Waals surface area (Å²) in [6, 6.07) is 12.9. The first-order valence-electron chi connectivity index (χ1n) is 8.58. The molecule has 2 nitrogen and oxygen atoms in total. The number of alkyl halides is 3. The van der Waals surface area contributed by atoms with Crippen LogP contribution >= 0.6 is 11.8 Å². The molecule has 0 bridgehead atoms.